The van der Waals surface area contributed by atoms with Crippen LogP contribution in [0.25, 0.3) is 0 Å². The predicted octanol–water partition coefficient (Wildman–Crippen LogP) is 4.92. The van der Waals surface area contributed by atoms with Gasteiger partial charge in [-0.2, -0.15) is 0 Å². The van der Waals surface area contributed by atoms with Crippen LogP contribution >= 0.6 is 11.6 Å². The first kappa shape index (κ1) is 15.4. The zero-order valence-electron chi connectivity index (χ0n) is 13.0. The zero-order chi connectivity index (χ0) is 15.4. The summed E-state index contributed by atoms with van der Waals surface area (Å²) in [5.41, 5.74) is 2.46. The number of ether oxygens (including phenoxy) is 1. The Kier molecular flexibility index (Phi) is 5.01. The second kappa shape index (κ2) is 7.17. The van der Waals surface area contributed by atoms with Gasteiger partial charge in [0.1, 0.15) is 5.75 Å². The Morgan fingerprint density at radius 3 is 2.27 bits per heavy atom. The number of hydrogen-bond donors (Lipinski definition) is 0. The third-order valence-corrected chi connectivity index (χ3v) is 4.73. The third-order valence-electron chi connectivity index (χ3n) is 4.39. The number of halogens is 1. The van der Waals surface area contributed by atoms with Crippen LogP contribution in [0.15, 0.2) is 48.5 Å². The van der Waals surface area contributed by atoms with Crippen molar-refractivity contribution < 1.29 is 4.74 Å². The van der Waals surface area contributed by atoms with Crippen molar-refractivity contribution in [3.8, 4) is 5.75 Å². The normalized spacial score (nSPS) is 17.2. The predicted molar refractivity (Wildman–Crippen MR) is 91.7 cm³/mol. The first-order valence-corrected chi connectivity index (χ1v) is 8.30. The fraction of sp³-hybridized carbons (Fsp3) is 0.368. The van der Waals surface area contributed by atoms with Crippen LogP contribution in [0, 0.1) is 0 Å². The Balaban J connectivity index is 1.99. The lowest BCUT2D eigenvalue weighted by atomic mass is 9.95. The van der Waals surface area contributed by atoms with Gasteiger partial charge in [-0.25, -0.2) is 0 Å². The number of hydrogen-bond acceptors (Lipinski definition) is 2. The molecular weight excluding hydrogens is 294 g/mol. The van der Waals surface area contributed by atoms with Crippen molar-refractivity contribution in [3.05, 3.63) is 64.7 Å². The van der Waals surface area contributed by atoms with Crippen LogP contribution in [-0.2, 0) is 0 Å². The molecule has 3 rings (SSSR count). The quantitative estimate of drug-likeness (QED) is 0.793. The molecule has 0 spiro atoms. The topological polar surface area (TPSA) is 12.5 Å². The molecule has 1 heterocycles. The van der Waals surface area contributed by atoms with Crippen molar-refractivity contribution in [1.82, 2.24) is 4.90 Å². The van der Waals surface area contributed by atoms with Crippen LogP contribution in [0.1, 0.15) is 36.4 Å². The molecule has 0 N–H and O–H groups in total. The molecule has 1 fully saturated rings. The molecule has 1 aliphatic heterocycles. The highest BCUT2D eigenvalue weighted by Crippen LogP contribution is 2.35. The van der Waals surface area contributed by atoms with Gasteiger partial charge in [0, 0.05) is 5.02 Å². The van der Waals surface area contributed by atoms with Crippen molar-refractivity contribution in [2.75, 3.05) is 20.2 Å². The van der Waals surface area contributed by atoms with Gasteiger partial charge >= 0.3 is 0 Å². The van der Waals surface area contributed by atoms with Crippen LogP contribution in [0.2, 0.25) is 5.02 Å². The summed E-state index contributed by atoms with van der Waals surface area (Å²) in [6, 6.07) is 16.8. The second-order valence-corrected chi connectivity index (χ2v) is 6.20. The molecule has 0 bridgehead atoms. The van der Waals surface area contributed by atoms with E-state index in [1.54, 1.807) is 7.11 Å². The van der Waals surface area contributed by atoms with Crippen molar-refractivity contribution in [1.29, 1.82) is 0 Å². The van der Waals surface area contributed by atoms with E-state index in [4.69, 9.17) is 16.3 Å². The molecule has 0 aromatic heterocycles. The Morgan fingerprint density at radius 1 is 0.955 bits per heavy atom. The van der Waals surface area contributed by atoms with E-state index in [9.17, 15) is 0 Å². The van der Waals surface area contributed by atoms with Crippen molar-refractivity contribution >= 4 is 11.6 Å². The molecule has 3 heteroatoms. The molecule has 0 saturated carbocycles. The minimum atomic E-state index is 0.222. The molecule has 1 unspecified atom stereocenters. The average molecular weight is 316 g/mol. The van der Waals surface area contributed by atoms with Crippen LogP contribution in [0.3, 0.4) is 0 Å². The van der Waals surface area contributed by atoms with E-state index in [1.807, 2.05) is 24.3 Å². The molecule has 0 radical (unpaired) electrons. The fourth-order valence-electron chi connectivity index (χ4n) is 3.25. The minimum Gasteiger partial charge on any atom is -0.497 e. The molecule has 1 aliphatic rings. The molecule has 2 aromatic carbocycles. The Bertz CT molecular complexity index is 605. The van der Waals surface area contributed by atoms with Gasteiger partial charge in [0.25, 0.3) is 0 Å². The van der Waals surface area contributed by atoms with Gasteiger partial charge in [0.05, 0.1) is 13.2 Å². The highest BCUT2D eigenvalue weighted by molar-refractivity contribution is 6.31. The molecule has 116 valence electrons. The maximum atomic E-state index is 6.50. The number of piperidine rings is 1. The second-order valence-electron chi connectivity index (χ2n) is 5.79. The summed E-state index contributed by atoms with van der Waals surface area (Å²) in [4.78, 5) is 2.55. The summed E-state index contributed by atoms with van der Waals surface area (Å²) in [7, 11) is 1.70. The summed E-state index contributed by atoms with van der Waals surface area (Å²) < 4.78 is 5.28. The molecular formula is C19H22ClNO. The Morgan fingerprint density at radius 2 is 1.64 bits per heavy atom. The Labute approximate surface area is 137 Å². The van der Waals surface area contributed by atoms with Gasteiger partial charge in [-0.1, -0.05) is 48.4 Å². The summed E-state index contributed by atoms with van der Waals surface area (Å²) in [5, 5.41) is 0.842. The summed E-state index contributed by atoms with van der Waals surface area (Å²) >= 11 is 6.50. The molecule has 22 heavy (non-hydrogen) atoms. The molecule has 2 nitrogen and oxygen atoms in total. The standard InChI is InChI=1S/C19H22ClNO/c1-22-16-11-9-15(10-12-16)19(21-13-5-2-6-14-21)17-7-3-4-8-18(17)20/h3-4,7-12,19H,2,5-6,13-14H2,1H3. The van der Waals surface area contributed by atoms with E-state index >= 15 is 0 Å². The molecule has 2 aromatic rings. The maximum Gasteiger partial charge on any atom is 0.118 e. The smallest absolute Gasteiger partial charge is 0.118 e. The number of rotatable bonds is 4. The SMILES string of the molecule is COc1ccc(C(c2ccccc2Cl)N2CCCCC2)cc1. The van der Waals surface area contributed by atoms with Crippen molar-refractivity contribution in [2.24, 2.45) is 0 Å². The number of methoxy groups -OCH3 is 1. The van der Waals surface area contributed by atoms with Crippen LogP contribution in [0.4, 0.5) is 0 Å². The van der Waals surface area contributed by atoms with Crippen molar-refractivity contribution in [2.45, 2.75) is 25.3 Å². The summed E-state index contributed by atoms with van der Waals surface area (Å²) in [5.74, 6) is 0.889. The first-order chi connectivity index (χ1) is 10.8. The largest absolute Gasteiger partial charge is 0.497 e. The van der Waals surface area contributed by atoms with E-state index in [0.717, 1.165) is 23.9 Å². The first-order valence-electron chi connectivity index (χ1n) is 7.92. The molecule has 0 amide bonds. The van der Waals surface area contributed by atoms with Crippen LogP contribution < -0.4 is 4.74 Å². The van der Waals surface area contributed by atoms with Gasteiger partial charge in [0.2, 0.25) is 0 Å². The number of nitrogens with zero attached hydrogens (tertiary/aromatic N) is 1. The maximum absolute atomic E-state index is 6.50. The molecule has 1 saturated heterocycles. The third kappa shape index (κ3) is 3.29. The number of benzene rings is 2. The monoisotopic (exact) mass is 315 g/mol. The van der Waals surface area contributed by atoms with Crippen molar-refractivity contribution in [3.63, 3.8) is 0 Å². The molecule has 0 aliphatic carbocycles. The lowest BCUT2D eigenvalue weighted by Gasteiger charge is -2.35. The van der Waals surface area contributed by atoms with E-state index in [0.29, 0.717) is 0 Å². The average Bonchev–Trinajstić information content (AvgIpc) is 2.58. The minimum absolute atomic E-state index is 0.222. The van der Waals surface area contributed by atoms with E-state index in [2.05, 4.69) is 29.2 Å². The van der Waals surface area contributed by atoms with Crippen LogP contribution in [0.5, 0.6) is 5.75 Å². The Hall–Kier alpha value is -1.51. The zero-order valence-corrected chi connectivity index (χ0v) is 13.7. The lowest BCUT2D eigenvalue weighted by Crippen LogP contribution is -2.34. The fourth-order valence-corrected chi connectivity index (χ4v) is 3.49. The van der Waals surface area contributed by atoms with E-state index in [1.165, 1.54) is 30.4 Å². The summed E-state index contributed by atoms with van der Waals surface area (Å²) in [6.07, 6.45) is 3.85. The van der Waals surface area contributed by atoms with E-state index in [-0.39, 0.29) is 6.04 Å². The molecule has 1 atom stereocenters. The highest BCUT2D eigenvalue weighted by atomic mass is 35.5. The van der Waals surface area contributed by atoms with Gasteiger partial charge in [0.15, 0.2) is 0 Å². The number of likely N-dealkylation sites (tertiary alicyclic amines) is 1. The van der Waals surface area contributed by atoms with Gasteiger partial charge in [-0.15, -0.1) is 0 Å². The lowest BCUT2D eigenvalue weighted by molar-refractivity contribution is 0.187. The van der Waals surface area contributed by atoms with Gasteiger partial charge in [-0.05, 0) is 55.3 Å². The van der Waals surface area contributed by atoms with E-state index < -0.39 is 0 Å². The van der Waals surface area contributed by atoms with Gasteiger partial charge < -0.3 is 4.74 Å². The highest BCUT2D eigenvalue weighted by Gasteiger charge is 2.25. The van der Waals surface area contributed by atoms with Gasteiger partial charge in [-0.3, -0.25) is 4.90 Å². The summed E-state index contributed by atoms with van der Waals surface area (Å²) in [6.45, 7) is 2.25. The van der Waals surface area contributed by atoms with Crippen LogP contribution in [-0.4, -0.2) is 25.1 Å².